The molecule has 0 bridgehead atoms. The van der Waals surface area contributed by atoms with E-state index in [1.165, 1.54) is 24.2 Å². The van der Waals surface area contributed by atoms with Crippen molar-refractivity contribution in [3.63, 3.8) is 0 Å². The summed E-state index contributed by atoms with van der Waals surface area (Å²) in [5.41, 5.74) is 1.07. The van der Waals surface area contributed by atoms with E-state index in [1.54, 1.807) is 6.07 Å². The molecule has 0 unspecified atom stereocenters. The lowest BCUT2D eigenvalue weighted by atomic mass is 9.94. The lowest BCUT2D eigenvalue weighted by Crippen LogP contribution is -2.39. The Balaban J connectivity index is 1.62. The second kappa shape index (κ2) is 4.92. The molecule has 0 saturated heterocycles. The summed E-state index contributed by atoms with van der Waals surface area (Å²) in [5, 5.41) is 5.33. The van der Waals surface area contributed by atoms with Crippen LogP contribution in [0.1, 0.15) is 37.7 Å². The molecule has 0 atom stereocenters. The van der Waals surface area contributed by atoms with E-state index in [4.69, 9.17) is 0 Å². The molecule has 0 aromatic carbocycles. The fourth-order valence-corrected chi connectivity index (χ4v) is 4.47. The molecular weight excluding hydrogens is 268 g/mol. The van der Waals surface area contributed by atoms with E-state index >= 15 is 0 Å². The molecule has 1 aromatic heterocycles. The topological polar surface area (TPSA) is 58.2 Å². The largest absolute Gasteiger partial charge is 0.310 e. The molecule has 1 heterocycles. The molecule has 2 fully saturated rings. The van der Waals surface area contributed by atoms with E-state index in [9.17, 15) is 8.42 Å². The first kappa shape index (κ1) is 12.6. The van der Waals surface area contributed by atoms with Gasteiger partial charge in [-0.1, -0.05) is 6.42 Å². The monoisotopic (exact) mass is 286 g/mol. The Labute approximate surface area is 112 Å². The second-order valence-corrected chi connectivity index (χ2v) is 8.03. The van der Waals surface area contributed by atoms with Crippen LogP contribution < -0.4 is 10.0 Å². The Kier molecular flexibility index (Phi) is 3.44. The lowest BCUT2D eigenvalue weighted by molar-refractivity contribution is 0.384. The minimum absolute atomic E-state index is 0.158. The third-order valence-electron chi connectivity index (χ3n) is 3.49. The third kappa shape index (κ3) is 2.93. The first-order chi connectivity index (χ1) is 8.63. The SMILES string of the molecule is O=S(=O)(NC1CCC1)c1cc(CNC2CC2)cs1. The van der Waals surface area contributed by atoms with Crippen molar-refractivity contribution in [1.82, 2.24) is 10.0 Å². The predicted octanol–water partition coefficient (Wildman–Crippen LogP) is 1.83. The van der Waals surface area contributed by atoms with Gasteiger partial charge in [0.2, 0.25) is 10.0 Å². The minimum Gasteiger partial charge on any atom is -0.310 e. The van der Waals surface area contributed by atoms with Crippen LogP contribution >= 0.6 is 11.3 Å². The molecule has 2 aliphatic rings. The Morgan fingerprint density at radius 2 is 2.00 bits per heavy atom. The van der Waals surface area contributed by atoms with E-state index in [1.807, 2.05) is 5.38 Å². The average molecular weight is 286 g/mol. The summed E-state index contributed by atoms with van der Waals surface area (Å²) in [6.07, 6.45) is 5.58. The van der Waals surface area contributed by atoms with Crippen LogP contribution in [0.4, 0.5) is 0 Å². The fraction of sp³-hybridized carbons (Fsp3) is 0.667. The van der Waals surface area contributed by atoms with Crippen LogP contribution in [-0.2, 0) is 16.6 Å². The Morgan fingerprint density at radius 1 is 1.22 bits per heavy atom. The zero-order chi connectivity index (χ0) is 12.6. The van der Waals surface area contributed by atoms with E-state index < -0.39 is 10.0 Å². The third-order valence-corrected chi connectivity index (χ3v) is 6.50. The minimum atomic E-state index is -3.28. The van der Waals surface area contributed by atoms with Crippen LogP contribution in [-0.4, -0.2) is 20.5 Å². The van der Waals surface area contributed by atoms with Crippen molar-refractivity contribution in [2.45, 2.75) is 54.9 Å². The average Bonchev–Trinajstić information content (AvgIpc) is 2.98. The van der Waals surface area contributed by atoms with Gasteiger partial charge in [0.25, 0.3) is 0 Å². The normalized spacial score (nSPS) is 20.9. The van der Waals surface area contributed by atoms with Crippen LogP contribution in [0.15, 0.2) is 15.7 Å². The highest BCUT2D eigenvalue weighted by Gasteiger charge is 2.26. The maximum atomic E-state index is 12.1. The molecule has 3 rings (SSSR count). The summed E-state index contributed by atoms with van der Waals surface area (Å²) in [6.45, 7) is 0.778. The maximum absolute atomic E-state index is 12.1. The van der Waals surface area contributed by atoms with Crippen molar-refractivity contribution >= 4 is 21.4 Å². The van der Waals surface area contributed by atoms with Crippen LogP contribution in [0.5, 0.6) is 0 Å². The molecular formula is C12H18N2O2S2. The summed E-state index contributed by atoms with van der Waals surface area (Å²) in [4.78, 5) is 0. The number of hydrogen-bond donors (Lipinski definition) is 2. The van der Waals surface area contributed by atoms with Crippen molar-refractivity contribution in [3.8, 4) is 0 Å². The molecule has 2 N–H and O–H groups in total. The van der Waals surface area contributed by atoms with Crippen molar-refractivity contribution in [3.05, 3.63) is 17.0 Å². The van der Waals surface area contributed by atoms with Crippen LogP contribution in [0, 0.1) is 0 Å². The van der Waals surface area contributed by atoms with Gasteiger partial charge in [0, 0.05) is 18.6 Å². The Morgan fingerprint density at radius 3 is 2.61 bits per heavy atom. The summed E-state index contributed by atoms with van der Waals surface area (Å²) >= 11 is 1.31. The first-order valence-corrected chi connectivity index (χ1v) is 8.83. The molecule has 4 nitrogen and oxygen atoms in total. The van der Waals surface area contributed by atoms with E-state index in [0.717, 1.165) is 31.4 Å². The van der Waals surface area contributed by atoms with Crippen LogP contribution in [0.3, 0.4) is 0 Å². The predicted molar refractivity (Wildman–Crippen MR) is 72.1 cm³/mol. The van der Waals surface area contributed by atoms with Crippen molar-refractivity contribution in [2.75, 3.05) is 0 Å². The first-order valence-electron chi connectivity index (χ1n) is 6.46. The van der Waals surface area contributed by atoms with Gasteiger partial charge in [-0.05, 0) is 42.7 Å². The van der Waals surface area contributed by atoms with Gasteiger partial charge in [-0.3, -0.25) is 0 Å². The van der Waals surface area contributed by atoms with Crippen molar-refractivity contribution < 1.29 is 8.42 Å². The summed E-state index contributed by atoms with van der Waals surface area (Å²) in [5.74, 6) is 0. The van der Waals surface area contributed by atoms with Gasteiger partial charge in [-0.25, -0.2) is 13.1 Å². The Bertz CT molecular complexity index is 516. The number of thiophene rings is 1. The van der Waals surface area contributed by atoms with Gasteiger partial charge in [-0.15, -0.1) is 11.3 Å². The molecule has 0 amide bonds. The lowest BCUT2D eigenvalue weighted by Gasteiger charge is -2.25. The van der Waals surface area contributed by atoms with Crippen molar-refractivity contribution in [1.29, 1.82) is 0 Å². The quantitative estimate of drug-likeness (QED) is 0.839. The smallest absolute Gasteiger partial charge is 0.250 e. The Hall–Kier alpha value is -0.430. The highest BCUT2D eigenvalue weighted by atomic mass is 32.2. The molecule has 2 saturated carbocycles. The molecule has 0 spiro atoms. The van der Waals surface area contributed by atoms with Crippen molar-refractivity contribution in [2.24, 2.45) is 0 Å². The molecule has 18 heavy (non-hydrogen) atoms. The molecule has 0 radical (unpaired) electrons. The highest BCUT2D eigenvalue weighted by molar-refractivity contribution is 7.91. The van der Waals surface area contributed by atoms with Crippen LogP contribution in [0.25, 0.3) is 0 Å². The molecule has 2 aliphatic carbocycles. The van der Waals surface area contributed by atoms with E-state index in [-0.39, 0.29) is 6.04 Å². The summed E-state index contributed by atoms with van der Waals surface area (Å²) in [7, 11) is -3.28. The second-order valence-electron chi connectivity index (χ2n) is 5.18. The number of nitrogens with one attached hydrogen (secondary N) is 2. The highest BCUT2D eigenvalue weighted by Crippen LogP contribution is 2.25. The summed E-state index contributed by atoms with van der Waals surface area (Å²) < 4.78 is 27.4. The summed E-state index contributed by atoms with van der Waals surface area (Å²) in [6, 6.07) is 2.60. The van der Waals surface area contributed by atoms with Gasteiger partial charge in [-0.2, -0.15) is 0 Å². The van der Waals surface area contributed by atoms with Crippen LogP contribution in [0.2, 0.25) is 0 Å². The van der Waals surface area contributed by atoms with Gasteiger partial charge in [0.05, 0.1) is 0 Å². The van der Waals surface area contributed by atoms with Gasteiger partial charge in [0.15, 0.2) is 0 Å². The zero-order valence-corrected chi connectivity index (χ0v) is 11.8. The molecule has 1 aromatic rings. The fourth-order valence-electron chi connectivity index (χ4n) is 1.94. The van der Waals surface area contributed by atoms with Gasteiger partial charge >= 0.3 is 0 Å². The molecule has 100 valence electrons. The molecule has 6 heteroatoms. The van der Waals surface area contributed by atoms with Gasteiger partial charge < -0.3 is 5.32 Å². The zero-order valence-electron chi connectivity index (χ0n) is 10.2. The maximum Gasteiger partial charge on any atom is 0.250 e. The number of sulfonamides is 1. The van der Waals surface area contributed by atoms with E-state index in [0.29, 0.717) is 10.3 Å². The van der Waals surface area contributed by atoms with E-state index in [2.05, 4.69) is 10.0 Å². The van der Waals surface area contributed by atoms with Gasteiger partial charge in [0.1, 0.15) is 4.21 Å². The standard InChI is InChI=1S/C12H18N2O2S2/c15-18(16,14-11-2-1-3-11)12-6-9(8-17-12)7-13-10-4-5-10/h6,8,10-11,13-14H,1-5,7H2. The molecule has 0 aliphatic heterocycles. The number of hydrogen-bond acceptors (Lipinski definition) is 4. The number of rotatable bonds is 6.